The molecule has 0 radical (unpaired) electrons. The Morgan fingerprint density at radius 3 is 2.59 bits per heavy atom. The number of hydrogen-bond donors (Lipinski definition) is 2. The molecule has 0 bridgehead atoms. The zero-order valence-corrected chi connectivity index (χ0v) is 15.7. The van der Waals surface area contributed by atoms with Crippen LogP contribution in [0.4, 0.5) is 4.39 Å². The Kier molecular flexibility index (Phi) is 5.12. The third-order valence-electron chi connectivity index (χ3n) is 5.68. The second-order valence-corrected chi connectivity index (χ2v) is 7.99. The smallest absolute Gasteiger partial charge is 0.126 e. The van der Waals surface area contributed by atoms with Crippen LogP contribution in [0.2, 0.25) is 5.02 Å². The number of aliphatic hydroxyl groups excluding tert-OH is 2. The maximum atomic E-state index is 13.0. The van der Waals surface area contributed by atoms with Gasteiger partial charge in [0.25, 0.3) is 0 Å². The molecule has 2 aromatic rings. The first-order valence-electron chi connectivity index (χ1n) is 9.27. The van der Waals surface area contributed by atoms with E-state index in [0.717, 1.165) is 31.5 Å². The number of rotatable bonds is 3. The lowest BCUT2D eigenvalue weighted by atomic mass is 9.81. The number of aliphatic hydroxyl groups is 2. The molecular formula is C21H23ClFNO3. The summed E-state index contributed by atoms with van der Waals surface area (Å²) in [5, 5.41) is 21.6. The van der Waals surface area contributed by atoms with Crippen molar-refractivity contribution in [3.63, 3.8) is 0 Å². The van der Waals surface area contributed by atoms with Gasteiger partial charge in [0, 0.05) is 36.6 Å². The van der Waals surface area contributed by atoms with Gasteiger partial charge in [-0.2, -0.15) is 0 Å². The second-order valence-electron chi connectivity index (χ2n) is 7.56. The maximum Gasteiger partial charge on any atom is 0.126 e. The second kappa shape index (κ2) is 7.40. The number of halogens is 2. The third-order valence-corrected chi connectivity index (χ3v) is 5.91. The van der Waals surface area contributed by atoms with Gasteiger partial charge in [0.05, 0.1) is 12.2 Å². The first-order valence-corrected chi connectivity index (χ1v) is 9.64. The lowest BCUT2D eigenvalue weighted by molar-refractivity contribution is -0.0587. The Balaban J connectivity index is 1.39. The minimum atomic E-state index is -0.652. The van der Waals surface area contributed by atoms with Crippen LogP contribution in [0.3, 0.4) is 0 Å². The van der Waals surface area contributed by atoms with E-state index in [4.69, 9.17) is 16.3 Å². The summed E-state index contributed by atoms with van der Waals surface area (Å²) >= 11 is 6.03. The lowest BCUT2D eigenvalue weighted by Gasteiger charge is -2.46. The van der Waals surface area contributed by atoms with Gasteiger partial charge in [-0.15, -0.1) is 0 Å². The molecule has 0 aromatic heterocycles. The van der Waals surface area contributed by atoms with Crippen molar-refractivity contribution in [2.45, 2.75) is 37.1 Å². The Bertz CT molecular complexity index is 806. The molecule has 4 nitrogen and oxygen atoms in total. The molecule has 0 saturated carbocycles. The average molecular weight is 392 g/mol. The molecule has 0 amide bonds. The topological polar surface area (TPSA) is 52.9 Å². The molecule has 27 heavy (non-hydrogen) atoms. The quantitative estimate of drug-likeness (QED) is 0.834. The zero-order valence-electron chi connectivity index (χ0n) is 14.9. The van der Waals surface area contributed by atoms with Crippen molar-refractivity contribution < 1.29 is 19.3 Å². The summed E-state index contributed by atoms with van der Waals surface area (Å²) in [5.74, 6) is 0.401. The van der Waals surface area contributed by atoms with Gasteiger partial charge in [-0.25, -0.2) is 4.39 Å². The standard InChI is InChI=1S/C21H23ClFNO3/c22-15-3-6-20-17(11-15)18(25)12-21(27-20)7-9-24(10-8-21)13-19(26)14-1-4-16(23)5-2-14/h1-6,11,18-19,25-26H,7-10,12-13H2/t18-,19+/m0/s1. The largest absolute Gasteiger partial charge is 0.487 e. The highest BCUT2D eigenvalue weighted by Gasteiger charge is 2.43. The van der Waals surface area contributed by atoms with Gasteiger partial charge in [0.15, 0.2) is 0 Å². The number of piperidine rings is 1. The predicted molar refractivity (Wildman–Crippen MR) is 101 cm³/mol. The van der Waals surface area contributed by atoms with E-state index in [0.29, 0.717) is 29.3 Å². The van der Waals surface area contributed by atoms with Crippen molar-refractivity contribution in [2.24, 2.45) is 0 Å². The molecule has 2 atom stereocenters. The Labute approximate surface area is 163 Å². The van der Waals surface area contributed by atoms with Crippen molar-refractivity contribution in [2.75, 3.05) is 19.6 Å². The third kappa shape index (κ3) is 3.97. The number of nitrogens with zero attached hydrogens (tertiary/aromatic N) is 1. The summed E-state index contributed by atoms with van der Waals surface area (Å²) in [6.45, 7) is 2.04. The molecule has 2 aliphatic heterocycles. The Hall–Kier alpha value is -1.66. The average Bonchev–Trinajstić information content (AvgIpc) is 2.65. The van der Waals surface area contributed by atoms with Gasteiger partial charge in [0.2, 0.25) is 0 Å². The van der Waals surface area contributed by atoms with Crippen molar-refractivity contribution in [1.82, 2.24) is 4.90 Å². The number of likely N-dealkylation sites (tertiary alicyclic amines) is 1. The highest BCUT2D eigenvalue weighted by atomic mass is 35.5. The van der Waals surface area contributed by atoms with Crippen LogP contribution in [0.25, 0.3) is 0 Å². The predicted octanol–water partition coefficient (Wildman–Crippen LogP) is 3.86. The van der Waals surface area contributed by atoms with Gasteiger partial charge in [-0.05, 0) is 48.7 Å². The summed E-state index contributed by atoms with van der Waals surface area (Å²) in [7, 11) is 0. The van der Waals surface area contributed by atoms with Crippen molar-refractivity contribution in [3.05, 3.63) is 64.4 Å². The molecule has 0 aliphatic carbocycles. The Morgan fingerprint density at radius 1 is 1.19 bits per heavy atom. The van der Waals surface area contributed by atoms with Gasteiger partial charge in [-0.3, -0.25) is 0 Å². The molecule has 2 aliphatic rings. The molecular weight excluding hydrogens is 369 g/mol. The van der Waals surface area contributed by atoms with Crippen LogP contribution in [-0.4, -0.2) is 40.3 Å². The van der Waals surface area contributed by atoms with Gasteiger partial charge in [0.1, 0.15) is 17.2 Å². The molecule has 2 heterocycles. The van der Waals surface area contributed by atoms with E-state index in [1.807, 2.05) is 6.07 Å². The number of ether oxygens (including phenoxy) is 1. The van der Waals surface area contributed by atoms with E-state index in [1.165, 1.54) is 12.1 Å². The monoisotopic (exact) mass is 391 g/mol. The molecule has 2 N–H and O–H groups in total. The molecule has 4 rings (SSSR count). The molecule has 6 heteroatoms. The number of fused-ring (bicyclic) bond motifs is 1. The van der Waals surface area contributed by atoms with Crippen molar-refractivity contribution in [3.8, 4) is 5.75 Å². The SMILES string of the molecule is O[C@H](CN1CCC2(CC1)C[C@H](O)c1cc(Cl)ccc1O2)c1ccc(F)cc1. The molecule has 1 saturated heterocycles. The minimum absolute atomic E-state index is 0.305. The zero-order chi connectivity index (χ0) is 19.0. The van der Waals surface area contributed by atoms with Crippen LogP contribution in [0, 0.1) is 5.82 Å². The van der Waals surface area contributed by atoms with Gasteiger partial charge >= 0.3 is 0 Å². The first kappa shape index (κ1) is 18.7. The summed E-state index contributed by atoms with van der Waals surface area (Å²) in [5.41, 5.74) is 1.09. The molecule has 0 unspecified atom stereocenters. The molecule has 144 valence electrons. The summed E-state index contributed by atoms with van der Waals surface area (Å²) < 4.78 is 19.3. The van der Waals surface area contributed by atoms with E-state index in [9.17, 15) is 14.6 Å². The number of benzene rings is 2. The molecule has 1 spiro atoms. The highest BCUT2D eigenvalue weighted by Crippen LogP contribution is 2.45. The van der Waals surface area contributed by atoms with Gasteiger partial charge in [-0.1, -0.05) is 23.7 Å². The first-order chi connectivity index (χ1) is 12.9. The van der Waals surface area contributed by atoms with Gasteiger partial charge < -0.3 is 19.8 Å². The van der Waals surface area contributed by atoms with Crippen molar-refractivity contribution in [1.29, 1.82) is 0 Å². The summed E-state index contributed by atoms with van der Waals surface area (Å²) in [6, 6.07) is 11.3. The number of β-amino-alcohol motifs (C(OH)–C–C–N with tert-alkyl or cyclic N) is 1. The van der Waals surface area contributed by atoms with E-state index < -0.39 is 12.2 Å². The van der Waals surface area contributed by atoms with E-state index in [-0.39, 0.29) is 11.4 Å². The van der Waals surface area contributed by atoms with E-state index >= 15 is 0 Å². The van der Waals surface area contributed by atoms with Crippen molar-refractivity contribution >= 4 is 11.6 Å². The van der Waals surface area contributed by atoms with Crippen LogP contribution >= 0.6 is 11.6 Å². The molecule has 1 fully saturated rings. The van der Waals surface area contributed by atoms with E-state index in [1.54, 1.807) is 24.3 Å². The fraction of sp³-hybridized carbons (Fsp3) is 0.429. The maximum absolute atomic E-state index is 13.0. The van der Waals surface area contributed by atoms with Crippen LogP contribution in [0.1, 0.15) is 42.6 Å². The summed E-state index contributed by atoms with van der Waals surface area (Å²) in [6.07, 6.45) is 0.878. The normalized spacial score (nSPS) is 22.9. The van der Waals surface area contributed by atoms with Crippen LogP contribution < -0.4 is 4.74 Å². The van der Waals surface area contributed by atoms with Crippen LogP contribution in [0.15, 0.2) is 42.5 Å². The van der Waals surface area contributed by atoms with E-state index in [2.05, 4.69) is 4.90 Å². The minimum Gasteiger partial charge on any atom is -0.487 e. The molecule has 2 aromatic carbocycles. The number of hydrogen-bond acceptors (Lipinski definition) is 4. The highest BCUT2D eigenvalue weighted by molar-refractivity contribution is 6.30. The Morgan fingerprint density at radius 2 is 1.89 bits per heavy atom. The fourth-order valence-corrected chi connectivity index (χ4v) is 4.27. The van der Waals surface area contributed by atoms with Crippen LogP contribution in [0.5, 0.6) is 5.75 Å². The summed E-state index contributed by atoms with van der Waals surface area (Å²) in [4.78, 5) is 2.19. The fourth-order valence-electron chi connectivity index (χ4n) is 4.09. The van der Waals surface area contributed by atoms with Crippen LogP contribution in [-0.2, 0) is 0 Å². The lowest BCUT2D eigenvalue weighted by Crippen LogP contribution is -2.51.